The number of allylic oxidation sites excluding steroid dienone is 2. The number of rotatable bonds is 7. The molecule has 8 nitrogen and oxygen atoms in total. The van der Waals surface area contributed by atoms with Crippen LogP contribution in [0, 0.1) is 5.41 Å². The summed E-state index contributed by atoms with van der Waals surface area (Å²) in [6.45, 7) is 5.42. The normalized spacial score (nSPS) is 18.6. The lowest BCUT2D eigenvalue weighted by Gasteiger charge is -2.38. The van der Waals surface area contributed by atoms with Crippen LogP contribution in [-0.2, 0) is 23.9 Å². The van der Waals surface area contributed by atoms with E-state index < -0.39 is 17.8 Å². The summed E-state index contributed by atoms with van der Waals surface area (Å²) >= 11 is 6.13. The topological polar surface area (TPSA) is 117 Å². The molecule has 2 aromatic carbocycles. The van der Waals surface area contributed by atoms with Gasteiger partial charge in [-0.05, 0) is 30.5 Å². The fourth-order valence-corrected chi connectivity index (χ4v) is 4.83. The van der Waals surface area contributed by atoms with Gasteiger partial charge in [0, 0.05) is 24.0 Å². The summed E-state index contributed by atoms with van der Waals surface area (Å²) in [6, 6.07) is 13.8. The third kappa shape index (κ3) is 5.64. The first kappa shape index (κ1) is 26.3. The Morgan fingerprint density at radius 3 is 2.57 bits per heavy atom. The Morgan fingerprint density at radius 2 is 1.84 bits per heavy atom. The number of ketones is 1. The van der Waals surface area contributed by atoms with E-state index in [0.717, 1.165) is 0 Å². The highest BCUT2D eigenvalue weighted by Gasteiger charge is 2.45. The van der Waals surface area contributed by atoms with E-state index in [1.54, 1.807) is 55.5 Å². The molecular weight excluding hydrogens is 496 g/mol. The van der Waals surface area contributed by atoms with Gasteiger partial charge in [0.2, 0.25) is 5.88 Å². The van der Waals surface area contributed by atoms with Crippen LogP contribution in [0.5, 0.6) is 5.75 Å². The number of carbonyl (C=O) groups is 3. The van der Waals surface area contributed by atoms with Crippen LogP contribution in [0.1, 0.15) is 45.1 Å². The predicted molar refractivity (Wildman–Crippen MR) is 139 cm³/mol. The van der Waals surface area contributed by atoms with Gasteiger partial charge >= 0.3 is 5.97 Å². The number of nitrogens with two attached hydrogens (primary N) is 1. The maximum absolute atomic E-state index is 13.4. The molecule has 37 heavy (non-hydrogen) atoms. The Labute approximate surface area is 220 Å². The van der Waals surface area contributed by atoms with E-state index in [1.165, 1.54) is 0 Å². The van der Waals surface area contributed by atoms with Gasteiger partial charge in [0.25, 0.3) is 5.91 Å². The van der Waals surface area contributed by atoms with Crippen LogP contribution in [0.25, 0.3) is 0 Å². The third-order valence-electron chi connectivity index (χ3n) is 6.19. The molecular formula is C28H29ClN2O6. The van der Waals surface area contributed by atoms with Crippen molar-refractivity contribution in [1.82, 2.24) is 0 Å². The number of hydrogen-bond acceptors (Lipinski definition) is 7. The van der Waals surface area contributed by atoms with E-state index in [4.69, 9.17) is 31.5 Å². The maximum atomic E-state index is 13.4. The second kappa shape index (κ2) is 10.7. The van der Waals surface area contributed by atoms with Gasteiger partial charge in [0.1, 0.15) is 17.1 Å². The monoisotopic (exact) mass is 524 g/mol. The van der Waals surface area contributed by atoms with Gasteiger partial charge in [0.15, 0.2) is 12.4 Å². The molecule has 0 spiro atoms. The molecule has 0 saturated heterocycles. The molecule has 1 heterocycles. The number of ether oxygens (including phenoxy) is 3. The Hall–Kier alpha value is -3.78. The Balaban J connectivity index is 1.70. The van der Waals surface area contributed by atoms with Crippen molar-refractivity contribution in [3.63, 3.8) is 0 Å². The number of esters is 1. The standard InChI is InChI=1S/C28H29ClN2O6/c1-4-35-27(34)25-23(24-19(32)13-28(2,3)14-21(24)37-26(25)30)16-9-5-8-12-20(16)36-15-22(33)31-18-11-7-6-10-17(18)29/h5-12,23H,4,13-15,30H2,1-3H3,(H,31,33). The molecule has 4 rings (SSSR count). The van der Waals surface area contributed by atoms with E-state index in [2.05, 4.69) is 5.32 Å². The summed E-state index contributed by atoms with van der Waals surface area (Å²) in [7, 11) is 0. The molecule has 0 aromatic heterocycles. The minimum atomic E-state index is -0.866. The number of Topliss-reactive ketones (excluding diaryl/α,β-unsaturated/α-hetero) is 1. The zero-order valence-electron chi connectivity index (χ0n) is 20.9. The zero-order valence-corrected chi connectivity index (χ0v) is 21.7. The SMILES string of the molecule is CCOC(=O)C1=C(N)OC2=C(C(=O)CC(C)(C)C2)C1c1ccccc1OCC(=O)Nc1ccccc1Cl. The first-order valence-electron chi connectivity index (χ1n) is 12.0. The summed E-state index contributed by atoms with van der Waals surface area (Å²) < 4.78 is 17.0. The van der Waals surface area contributed by atoms with Gasteiger partial charge in [-0.3, -0.25) is 9.59 Å². The summed E-state index contributed by atoms with van der Waals surface area (Å²) in [4.78, 5) is 39.0. The second-order valence-corrected chi connectivity index (χ2v) is 10.1. The number of para-hydroxylation sites is 2. The molecule has 1 aliphatic heterocycles. The lowest BCUT2D eigenvalue weighted by atomic mass is 9.70. The number of hydrogen-bond donors (Lipinski definition) is 2. The van der Waals surface area contributed by atoms with Gasteiger partial charge in [0.05, 0.1) is 23.2 Å². The summed E-state index contributed by atoms with van der Waals surface area (Å²) in [5.41, 5.74) is 7.27. The zero-order chi connectivity index (χ0) is 26.7. The van der Waals surface area contributed by atoms with Gasteiger partial charge < -0.3 is 25.3 Å². The number of amides is 1. The Bertz CT molecular complexity index is 1310. The van der Waals surface area contributed by atoms with Crippen molar-refractivity contribution in [2.75, 3.05) is 18.5 Å². The van der Waals surface area contributed by atoms with Crippen molar-refractivity contribution in [3.05, 3.63) is 81.9 Å². The molecule has 9 heteroatoms. The second-order valence-electron chi connectivity index (χ2n) is 9.67. The summed E-state index contributed by atoms with van der Waals surface area (Å²) in [5.74, 6) is -1.47. The molecule has 3 N–H and O–H groups in total. The predicted octanol–water partition coefficient (Wildman–Crippen LogP) is 4.85. The van der Waals surface area contributed by atoms with Gasteiger partial charge in [-0.2, -0.15) is 0 Å². The van der Waals surface area contributed by atoms with Crippen molar-refractivity contribution in [3.8, 4) is 5.75 Å². The molecule has 1 unspecified atom stereocenters. The van der Waals surface area contributed by atoms with Crippen LogP contribution in [0.2, 0.25) is 5.02 Å². The van der Waals surface area contributed by atoms with E-state index in [1.807, 2.05) is 13.8 Å². The van der Waals surface area contributed by atoms with Gasteiger partial charge in [-0.25, -0.2) is 4.79 Å². The maximum Gasteiger partial charge on any atom is 0.340 e. The Kier molecular flexibility index (Phi) is 7.59. The third-order valence-corrected chi connectivity index (χ3v) is 6.52. The Morgan fingerprint density at radius 1 is 1.14 bits per heavy atom. The van der Waals surface area contributed by atoms with Crippen molar-refractivity contribution in [2.45, 2.75) is 39.5 Å². The van der Waals surface area contributed by atoms with Crippen molar-refractivity contribution >= 4 is 34.9 Å². The van der Waals surface area contributed by atoms with Crippen molar-refractivity contribution in [2.24, 2.45) is 11.1 Å². The molecule has 0 saturated carbocycles. The first-order valence-corrected chi connectivity index (χ1v) is 12.4. The fraction of sp³-hybridized carbons (Fsp3) is 0.321. The van der Waals surface area contributed by atoms with E-state index in [-0.39, 0.29) is 42.3 Å². The van der Waals surface area contributed by atoms with E-state index >= 15 is 0 Å². The fourth-order valence-electron chi connectivity index (χ4n) is 4.65. The highest BCUT2D eigenvalue weighted by molar-refractivity contribution is 6.33. The first-order chi connectivity index (χ1) is 17.6. The van der Waals surface area contributed by atoms with Crippen LogP contribution in [0.4, 0.5) is 5.69 Å². The molecule has 0 fully saturated rings. The van der Waals surface area contributed by atoms with Crippen LogP contribution in [-0.4, -0.2) is 30.9 Å². The lowest BCUT2D eigenvalue weighted by Crippen LogP contribution is -2.36. The molecule has 2 aromatic rings. The molecule has 2 aliphatic rings. The van der Waals surface area contributed by atoms with E-state index in [9.17, 15) is 14.4 Å². The number of benzene rings is 2. The lowest BCUT2D eigenvalue weighted by molar-refractivity contribution is -0.139. The van der Waals surface area contributed by atoms with Crippen LogP contribution >= 0.6 is 11.6 Å². The van der Waals surface area contributed by atoms with Crippen molar-refractivity contribution in [1.29, 1.82) is 0 Å². The number of carbonyl (C=O) groups excluding carboxylic acids is 3. The highest BCUT2D eigenvalue weighted by atomic mass is 35.5. The number of nitrogens with one attached hydrogen (secondary N) is 1. The molecule has 194 valence electrons. The average Bonchev–Trinajstić information content (AvgIpc) is 2.83. The summed E-state index contributed by atoms with van der Waals surface area (Å²) in [6.07, 6.45) is 0.760. The van der Waals surface area contributed by atoms with Crippen LogP contribution < -0.4 is 15.8 Å². The van der Waals surface area contributed by atoms with Gasteiger partial charge in [-0.1, -0.05) is 55.8 Å². The number of halogens is 1. The minimum absolute atomic E-state index is 0.0326. The smallest absolute Gasteiger partial charge is 0.340 e. The number of anilines is 1. The molecule has 0 radical (unpaired) electrons. The van der Waals surface area contributed by atoms with Crippen LogP contribution in [0.15, 0.2) is 71.3 Å². The average molecular weight is 525 g/mol. The summed E-state index contributed by atoms with van der Waals surface area (Å²) in [5, 5.41) is 3.11. The molecule has 0 bridgehead atoms. The van der Waals surface area contributed by atoms with Crippen molar-refractivity contribution < 1.29 is 28.6 Å². The largest absolute Gasteiger partial charge is 0.483 e. The highest BCUT2D eigenvalue weighted by Crippen LogP contribution is 2.49. The molecule has 1 atom stereocenters. The molecule has 1 aliphatic carbocycles. The van der Waals surface area contributed by atoms with E-state index in [0.29, 0.717) is 39.8 Å². The quantitative estimate of drug-likeness (QED) is 0.497. The molecule has 1 amide bonds. The van der Waals surface area contributed by atoms with Gasteiger partial charge in [-0.15, -0.1) is 0 Å². The minimum Gasteiger partial charge on any atom is -0.483 e. The van der Waals surface area contributed by atoms with Crippen LogP contribution in [0.3, 0.4) is 0 Å².